The standard InChI is InChI=1S/C28H22Cl2NOPS.ClHO4/c1-21(32)31-28(27(30)34-26-19-17-22(29)18-20-26)33(23-11-5-2-6-12-23,24-13-7-3-8-14-24)25-15-9-4-10-16-25;2-1(3,4)5/h2-20H,1H3;(H,2,3,4,5)/p+1/b28-27+;. The fraction of sp³-hybridized carbons (Fsp3) is 0.0357. The fourth-order valence-corrected chi connectivity index (χ4v) is 9.99. The fourth-order valence-electron chi connectivity index (χ4n) is 3.88. The van der Waals surface area contributed by atoms with Crippen molar-refractivity contribution in [3.05, 3.63) is 130 Å². The first-order chi connectivity index (χ1) is 18.5. The summed E-state index contributed by atoms with van der Waals surface area (Å²) < 4.78 is 33.2. The van der Waals surface area contributed by atoms with E-state index >= 15 is 0 Å². The average molecular weight is 624 g/mol. The van der Waals surface area contributed by atoms with Crippen LogP contribution in [-0.2, 0) is 4.79 Å². The molecule has 0 aromatic heterocycles. The summed E-state index contributed by atoms with van der Waals surface area (Å²) in [4.78, 5) is 13.5. The Hall–Kier alpha value is -2.42. The molecular formula is C28H24Cl3NO5PS+. The second-order valence-electron chi connectivity index (χ2n) is 7.93. The minimum absolute atomic E-state index is 0.169. The first kappa shape index (κ1) is 31.1. The van der Waals surface area contributed by atoms with Crippen molar-refractivity contribution in [2.45, 2.75) is 11.8 Å². The Morgan fingerprint density at radius 2 is 1.13 bits per heavy atom. The van der Waals surface area contributed by atoms with Crippen LogP contribution < -0.4 is 35.2 Å². The van der Waals surface area contributed by atoms with Crippen LogP contribution in [0.25, 0.3) is 0 Å². The zero-order valence-electron chi connectivity index (χ0n) is 20.5. The largest absolute Gasteiger partial charge is 0.295 e. The summed E-state index contributed by atoms with van der Waals surface area (Å²) in [7, 11) is -7.25. The van der Waals surface area contributed by atoms with E-state index in [1.807, 2.05) is 78.9 Å². The van der Waals surface area contributed by atoms with E-state index in [1.54, 1.807) is 0 Å². The van der Waals surface area contributed by atoms with Gasteiger partial charge in [-0.05, 0) is 60.7 Å². The molecule has 0 heterocycles. The van der Waals surface area contributed by atoms with Crippen LogP contribution in [0.2, 0.25) is 5.02 Å². The Morgan fingerprint density at radius 1 is 0.769 bits per heavy atom. The van der Waals surface area contributed by atoms with E-state index in [9.17, 15) is 4.79 Å². The summed E-state index contributed by atoms with van der Waals surface area (Å²) in [5.74, 6) is -0.169. The lowest BCUT2D eigenvalue weighted by molar-refractivity contribution is -1.92. The van der Waals surface area contributed by atoms with E-state index < -0.39 is 17.5 Å². The van der Waals surface area contributed by atoms with Crippen molar-refractivity contribution in [3.63, 3.8) is 0 Å². The molecule has 0 atom stereocenters. The van der Waals surface area contributed by atoms with Crippen molar-refractivity contribution >= 4 is 64.0 Å². The van der Waals surface area contributed by atoms with Crippen LogP contribution in [-0.4, -0.2) is 10.6 Å². The Balaban J connectivity index is 0.000000771. The third-order valence-electron chi connectivity index (χ3n) is 5.27. The number of rotatable bonds is 7. The highest BCUT2D eigenvalue weighted by Crippen LogP contribution is 2.63. The van der Waals surface area contributed by atoms with Crippen molar-refractivity contribution in [2.24, 2.45) is 0 Å². The topological polar surface area (TPSA) is 119 Å². The normalized spacial score (nSPS) is 12.1. The smallest absolute Gasteiger partial charge is 0.223 e. The van der Waals surface area contributed by atoms with Gasteiger partial charge in [-0.15, -0.1) is 0 Å². The van der Waals surface area contributed by atoms with Gasteiger partial charge >= 0.3 is 0 Å². The van der Waals surface area contributed by atoms with Gasteiger partial charge in [-0.3, -0.25) is 10.1 Å². The molecule has 0 unspecified atom stereocenters. The van der Waals surface area contributed by atoms with Crippen LogP contribution >= 0.6 is 42.2 Å². The summed E-state index contributed by atoms with van der Waals surface area (Å²) in [5.41, 5.74) is 0.713. The number of hydrogen-bond donors (Lipinski definition) is 2. The Labute approximate surface area is 244 Å². The van der Waals surface area contributed by atoms with Crippen LogP contribution in [0.4, 0.5) is 0 Å². The highest BCUT2D eigenvalue weighted by molar-refractivity contribution is 8.06. The molecular weight excluding hydrogens is 600 g/mol. The highest BCUT2D eigenvalue weighted by Gasteiger charge is 2.52. The summed E-state index contributed by atoms with van der Waals surface area (Å²) in [6.07, 6.45) is 0. The quantitative estimate of drug-likeness (QED) is 0.242. The second kappa shape index (κ2) is 14.3. The molecule has 2 N–H and O–H groups in total. The molecule has 0 saturated carbocycles. The maximum absolute atomic E-state index is 12.6. The summed E-state index contributed by atoms with van der Waals surface area (Å²) in [5, 5.41) is 7.13. The molecule has 4 aromatic carbocycles. The summed E-state index contributed by atoms with van der Waals surface area (Å²) in [6.45, 7) is 1.52. The highest BCUT2D eigenvalue weighted by atomic mass is 35.7. The van der Waals surface area contributed by atoms with Crippen molar-refractivity contribution in [1.29, 1.82) is 0 Å². The molecule has 11 heteroatoms. The number of hydrogen-bond acceptors (Lipinski definition) is 6. The molecule has 0 saturated heterocycles. The zero-order valence-corrected chi connectivity index (χ0v) is 24.5. The number of benzene rings is 4. The van der Waals surface area contributed by atoms with E-state index in [0.717, 1.165) is 20.8 Å². The molecule has 6 nitrogen and oxygen atoms in total. The van der Waals surface area contributed by atoms with Crippen molar-refractivity contribution in [2.75, 3.05) is 0 Å². The van der Waals surface area contributed by atoms with Gasteiger partial charge in [-0.25, -0.2) is 0 Å². The molecule has 0 aliphatic heterocycles. The SMILES string of the molecule is CC(=O)N/C(=C(/Cl)Sc1ccc(Cl)cc1)[P+](c1ccccc1)(c1ccccc1)c1ccccc1.[O-][Cl+3]([O-])([O-])O. The van der Waals surface area contributed by atoms with E-state index in [-0.39, 0.29) is 5.91 Å². The number of carbonyl (C=O) groups is 1. The van der Waals surface area contributed by atoms with Gasteiger partial charge in [-0.1, -0.05) is 89.6 Å². The van der Waals surface area contributed by atoms with Crippen molar-refractivity contribution in [1.82, 2.24) is 5.32 Å². The first-order valence-electron chi connectivity index (χ1n) is 11.3. The average Bonchev–Trinajstić information content (AvgIpc) is 2.90. The second-order valence-corrected chi connectivity index (χ2v) is 14.2. The van der Waals surface area contributed by atoms with Crippen LogP contribution in [0, 0.1) is 10.2 Å². The Kier molecular flexibility index (Phi) is 11.4. The van der Waals surface area contributed by atoms with Gasteiger partial charge in [0.2, 0.25) is 11.3 Å². The van der Waals surface area contributed by atoms with Gasteiger partial charge in [0.1, 0.15) is 20.3 Å². The predicted molar refractivity (Wildman–Crippen MR) is 151 cm³/mol. The molecule has 1 amide bonds. The summed E-state index contributed by atoms with van der Waals surface area (Å²) in [6, 6.07) is 38.4. The molecule has 0 aliphatic carbocycles. The maximum atomic E-state index is 12.6. The van der Waals surface area contributed by atoms with Crippen LogP contribution in [0.5, 0.6) is 0 Å². The number of nitrogens with one attached hydrogen (secondary N) is 1. The van der Waals surface area contributed by atoms with Gasteiger partial charge < -0.3 is 0 Å². The molecule has 0 aliphatic rings. The van der Waals surface area contributed by atoms with Crippen LogP contribution in [0.1, 0.15) is 6.92 Å². The third-order valence-corrected chi connectivity index (χ3v) is 11.3. The van der Waals surface area contributed by atoms with E-state index in [2.05, 4.69) is 41.7 Å². The van der Waals surface area contributed by atoms with Crippen molar-refractivity contribution < 1.29 is 33.7 Å². The maximum Gasteiger partial charge on any atom is 0.223 e. The number of amides is 1. The lowest BCUT2D eigenvalue weighted by Crippen LogP contribution is -2.58. The van der Waals surface area contributed by atoms with Crippen molar-refractivity contribution in [3.8, 4) is 0 Å². The number of halogens is 3. The Morgan fingerprint density at radius 3 is 1.46 bits per heavy atom. The van der Waals surface area contributed by atoms with Gasteiger partial charge in [-0.2, -0.15) is 14.0 Å². The first-order valence-corrected chi connectivity index (χ1v) is 15.9. The molecule has 4 rings (SSSR count). The van der Waals surface area contributed by atoms with Crippen LogP contribution in [0.3, 0.4) is 0 Å². The van der Waals surface area contributed by atoms with E-state index in [0.29, 0.717) is 14.8 Å². The van der Waals surface area contributed by atoms with Gasteiger partial charge in [0, 0.05) is 16.8 Å². The lowest BCUT2D eigenvalue weighted by Gasteiger charge is -2.29. The molecule has 0 radical (unpaired) electrons. The molecule has 0 spiro atoms. The molecule has 4 aromatic rings. The minimum Gasteiger partial charge on any atom is -0.295 e. The molecule has 202 valence electrons. The Bertz CT molecular complexity index is 1290. The minimum atomic E-state index is -4.69. The molecule has 0 bridgehead atoms. The number of thioether (sulfide) groups is 1. The van der Waals surface area contributed by atoms with Gasteiger partial charge in [0.15, 0.2) is 7.26 Å². The monoisotopic (exact) mass is 622 g/mol. The molecule has 39 heavy (non-hydrogen) atoms. The zero-order chi connectivity index (χ0) is 28.5. The predicted octanol–water partition coefficient (Wildman–Crippen LogP) is 2.80. The number of carbonyl (C=O) groups excluding carboxylic acids is 1. The summed E-state index contributed by atoms with van der Waals surface area (Å²) >= 11 is 14.6. The van der Waals surface area contributed by atoms with E-state index in [4.69, 9.17) is 41.8 Å². The van der Waals surface area contributed by atoms with Gasteiger partial charge in [0.05, 0.1) is 14.9 Å². The third kappa shape index (κ3) is 8.78. The lowest BCUT2D eigenvalue weighted by atomic mass is 10.4. The van der Waals surface area contributed by atoms with Crippen LogP contribution in [0.15, 0.2) is 130 Å². The molecule has 0 fully saturated rings. The van der Waals surface area contributed by atoms with E-state index in [1.165, 1.54) is 18.7 Å². The van der Waals surface area contributed by atoms with Gasteiger partial charge in [0.25, 0.3) is 0 Å².